The van der Waals surface area contributed by atoms with Gasteiger partial charge in [0.15, 0.2) is 0 Å². The number of nitrogens with one attached hydrogen (secondary N) is 1. The molecule has 2 saturated heterocycles. The lowest BCUT2D eigenvalue weighted by molar-refractivity contribution is -0.125. The van der Waals surface area contributed by atoms with Gasteiger partial charge in [0.25, 0.3) is 11.8 Å². The minimum Gasteiger partial charge on any atom is -0.489 e. The first-order valence-corrected chi connectivity index (χ1v) is 12.3. The Morgan fingerprint density at radius 3 is 2.91 bits per heavy atom. The number of carbonyl (C=O) groups excluding carboxylic acids is 3. The molecule has 2 aromatic carbocycles. The number of amides is 3. The number of fused-ring (bicyclic) bond motifs is 4. The summed E-state index contributed by atoms with van der Waals surface area (Å²) < 4.78 is 17.7. The Morgan fingerprint density at radius 1 is 1.17 bits per heavy atom. The number of cyclic esters (lactones) is 1. The molecule has 1 aromatic heterocycles. The highest BCUT2D eigenvalue weighted by atomic mass is 35.5. The first-order valence-electron chi connectivity index (χ1n) is 11.1. The van der Waals surface area contributed by atoms with Crippen molar-refractivity contribution < 1.29 is 28.6 Å². The van der Waals surface area contributed by atoms with Gasteiger partial charge in [0, 0.05) is 28.0 Å². The highest BCUT2D eigenvalue weighted by Crippen LogP contribution is 2.41. The Morgan fingerprint density at radius 2 is 2.06 bits per heavy atom. The summed E-state index contributed by atoms with van der Waals surface area (Å²) in [5, 5.41) is 4.39. The average molecular weight is 514 g/mol. The Kier molecular flexibility index (Phi) is 5.51. The zero-order valence-electron chi connectivity index (χ0n) is 18.4. The molecule has 1 N–H and O–H groups in total. The van der Waals surface area contributed by atoms with Gasteiger partial charge in [0.05, 0.1) is 23.7 Å². The normalized spacial score (nSPS) is 21.4. The van der Waals surface area contributed by atoms with E-state index in [2.05, 4.69) is 5.32 Å². The predicted octanol–water partition coefficient (Wildman–Crippen LogP) is 3.43. The molecule has 3 aromatic rings. The summed E-state index contributed by atoms with van der Waals surface area (Å²) in [6.07, 6.45) is -1.06. The summed E-state index contributed by atoms with van der Waals surface area (Å²) in [4.78, 5) is 41.4. The first-order chi connectivity index (χ1) is 17.0. The number of anilines is 2. The van der Waals surface area contributed by atoms with Gasteiger partial charge in [-0.3, -0.25) is 14.5 Å². The molecule has 0 saturated carbocycles. The number of morpholine rings is 1. The predicted molar refractivity (Wildman–Crippen MR) is 131 cm³/mol. The molecule has 11 heteroatoms. The number of carbonyl (C=O) groups is 3. The van der Waals surface area contributed by atoms with E-state index in [0.717, 1.165) is 10.1 Å². The van der Waals surface area contributed by atoms with Crippen LogP contribution in [0.1, 0.15) is 9.67 Å². The summed E-state index contributed by atoms with van der Waals surface area (Å²) in [7, 11) is 0. The maximum absolute atomic E-state index is 12.8. The molecule has 180 valence electrons. The number of rotatable bonds is 4. The van der Waals surface area contributed by atoms with Gasteiger partial charge in [0.1, 0.15) is 31.1 Å². The molecule has 4 heterocycles. The van der Waals surface area contributed by atoms with Crippen LogP contribution in [-0.2, 0) is 14.3 Å². The zero-order chi connectivity index (χ0) is 24.1. The van der Waals surface area contributed by atoms with Crippen LogP contribution in [0.15, 0.2) is 42.5 Å². The SMILES string of the molecule is O=C(NC[C@@H]1OC(=O)N2c3ccc(N4CCOCC4=O)cc3OC[C@@H]12)c1cc2cc(Cl)ccc2s1. The van der Waals surface area contributed by atoms with Gasteiger partial charge in [-0.1, -0.05) is 11.6 Å². The maximum Gasteiger partial charge on any atom is 0.415 e. The fourth-order valence-corrected chi connectivity index (χ4v) is 5.70. The molecule has 9 nitrogen and oxygen atoms in total. The minimum atomic E-state index is -0.566. The standard InChI is InChI=1S/C24H20ClN3O6S/c25-14-1-4-20-13(7-14)8-21(35-20)23(30)26-10-19-17-11-33-18-9-15(27-5-6-32-12-22(27)29)2-3-16(18)28(17)24(31)34-19/h1-4,7-9,17,19H,5-6,10-12H2,(H,26,30)/t17-,19-/m0/s1. The van der Waals surface area contributed by atoms with Crippen LogP contribution in [0.25, 0.3) is 10.1 Å². The molecule has 3 aliphatic heterocycles. The van der Waals surface area contributed by atoms with E-state index >= 15 is 0 Å². The van der Waals surface area contributed by atoms with Crippen LogP contribution in [0.3, 0.4) is 0 Å². The minimum absolute atomic E-state index is 0.0428. The number of benzene rings is 2. The van der Waals surface area contributed by atoms with E-state index in [9.17, 15) is 14.4 Å². The van der Waals surface area contributed by atoms with Gasteiger partial charge in [-0.25, -0.2) is 4.79 Å². The van der Waals surface area contributed by atoms with Crippen LogP contribution in [0, 0.1) is 0 Å². The van der Waals surface area contributed by atoms with E-state index in [1.54, 1.807) is 40.1 Å². The molecule has 0 radical (unpaired) electrons. The largest absolute Gasteiger partial charge is 0.489 e. The van der Waals surface area contributed by atoms with Crippen LogP contribution in [0.4, 0.5) is 16.2 Å². The smallest absolute Gasteiger partial charge is 0.415 e. The molecule has 0 aliphatic carbocycles. The van der Waals surface area contributed by atoms with E-state index in [1.165, 1.54) is 11.3 Å². The van der Waals surface area contributed by atoms with Gasteiger partial charge in [-0.15, -0.1) is 11.3 Å². The van der Waals surface area contributed by atoms with Crippen molar-refractivity contribution in [1.82, 2.24) is 5.32 Å². The van der Waals surface area contributed by atoms with E-state index < -0.39 is 12.2 Å². The topological polar surface area (TPSA) is 97.4 Å². The van der Waals surface area contributed by atoms with Crippen molar-refractivity contribution >= 4 is 62.3 Å². The highest BCUT2D eigenvalue weighted by molar-refractivity contribution is 7.20. The van der Waals surface area contributed by atoms with Gasteiger partial charge in [-0.2, -0.15) is 0 Å². The Balaban J connectivity index is 1.16. The second kappa shape index (κ2) is 8.71. The Bertz CT molecular complexity index is 1360. The molecular weight excluding hydrogens is 494 g/mol. The van der Waals surface area contributed by atoms with E-state index in [1.807, 2.05) is 12.1 Å². The number of hydrogen-bond acceptors (Lipinski definition) is 7. The number of thiophene rings is 1. The highest BCUT2D eigenvalue weighted by Gasteiger charge is 2.46. The molecule has 2 fully saturated rings. The van der Waals surface area contributed by atoms with E-state index in [4.69, 9.17) is 25.8 Å². The summed E-state index contributed by atoms with van der Waals surface area (Å²) in [6.45, 7) is 1.33. The van der Waals surface area contributed by atoms with Gasteiger partial charge < -0.3 is 24.4 Å². The van der Waals surface area contributed by atoms with Gasteiger partial charge in [0.2, 0.25) is 0 Å². The summed E-state index contributed by atoms with van der Waals surface area (Å²) in [5.74, 6) is 0.139. The van der Waals surface area contributed by atoms with Crippen molar-refractivity contribution in [2.75, 3.05) is 42.7 Å². The van der Waals surface area contributed by atoms with Crippen LogP contribution in [-0.4, -0.2) is 63.0 Å². The van der Waals surface area contributed by atoms with Crippen molar-refractivity contribution in [2.24, 2.45) is 0 Å². The van der Waals surface area contributed by atoms with Crippen molar-refractivity contribution in [3.05, 3.63) is 52.4 Å². The number of nitrogens with zero attached hydrogens (tertiary/aromatic N) is 2. The van der Waals surface area contributed by atoms with Crippen LogP contribution >= 0.6 is 22.9 Å². The molecule has 0 spiro atoms. The fourth-order valence-electron chi connectivity index (χ4n) is 4.56. The lowest BCUT2D eigenvalue weighted by Crippen LogP contribution is -2.48. The summed E-state index contributed by atoms with van der Waals surface area (Å²) in [6, 6.07) is 12.2. The molecule has 6 rings (SSSR count). The third-order valence-electron chi connectivity index (χ3n) is 6.29. The molecular formula is C24H20ClN3O6S. The molecule has 0 unspecified atom stereocenters. The monoisotopic (exact) mass is 513 g/mol. The average Bonchev–Trinajstić information content (AvgIpc) is 3.43. The van der Waals surface area contributed by atoms with Crippen molar-refractivity contribution in [2.45, 2.75) is 12.1 Å². The third kappa shape index (κ3) is 3.97. The second-order valence-electron chi connectivity index (χ2n) is 8.42. The van der Waals surface area contributed by atoms with E-state index in [0.29, 0.717) is 40.2 Å². The number of hydrogen-bond donors (Lipinski definition) is 1. The maximum atomic E-state index is 12.8. The van der Waals surface area contributed by atoms with Crippen molar-refractivity contribution in [3.63, 3.8) is 0 Å². The third-order valence-corrected chi connectivity index (χ3v) is 7.64. The fraction of sp³-hybridized carbons (Fsp3) is 0.292. The lowest BCUT2D eigenvalue weighted by Gasteiger charge is -2.33. The molecule has 0 bridgehead atoms. The molecule has 3 amide bonds. The Labute approximate surface area is 209 Å². The van der Waals surface area contributed by atoms with Crippen LogP contribution in [0.2, 0.25) is 5.02 Å². The van der Waals surface area contributed by atoms with Crippen molar-refractivity contribution in [3.8, 4) is 5.75 Å². The number of ether oxygens (including phenoxy) is 3. The molecule has 3 aliphatic rings. The summed E-state index contributed by atoms with van der Waals surface area (Å²) in [5.41, 5.74) is 1.27. The lowest BCUT2D eigenvalue weighted by atomic mass is 10.1. The van der Waals surface area contributed by atoms with Crippen LogP contribution < -0.4 is 19.9 Å². The van der Waals surface area contributed by atoms with Crippen molar-refractivity contribution in [1.29, 1.82) is 0 Å². The van der Waals surface area contributed by atoms with Crippen LogP contribution in [0.5, 0.6) is 5.75 Å². The van der Waals surface area contributed by atoms with Gasteiger partial charge >= 0.3 is 6.09 Å². The molecule has 2 atom stereocenters. The first kappa shape index (κ1) is 22.1. The second-order valence-corrected chi connectivity index (χ2v) is 9.94. The molecule has 35 heavy (non-hydrogen) atoms. The summed E-state index contributed by atoms with van der Waals surface area (Å²) >= 11 is 7.42. The van der Waals surface area contributed by atoms with E-state index in [-0.39, 0.29) is 37.6 Å². The zero-order valence-corrected chi connectivity index (χ0v) is 19.9. The quantitative estimate of drug-likeness (QED) is 0.574. The Hall–Kier alpha value is -3.34. The van der Waals surface area contributed by atoms with Gasteiger partial charge in [-0.05, 0) is 41.8 Å². The number of halogens is 1.